The number of hydrogen-bond acceptors (Lipinski definition) is 2. The van der Waals surface area contributed by atoms with E-state index < -0.39 is 5.82 Å². The van der Waals surface area contributed by atoms with Gasteiger partial charge in [0.05, 0.1) is 4.47 Å². The third-order valence-electron chi connectivity index (χ3n) is 2.54. The van der Waals surface area contributed by atoms with Crippen LogP contribution in [-0.4, -0.2) is 0 Å². The lowest BCUT2D eigenvalue weighted by atomic mass is 10.1. The Morgan fingerprint density at radius 2 is 1.89 bits per heavy atom. The molecule has 2 aromatic rings. The molecule has 1 atom stereocenters. The summed E-state index contributed by atoms with van der Waals surface area (Å²) < 4.78 is 20.1. The quantitative estimate of drug-likeness (QED) is 0.912. The SMILES string of the molecule is C[C@@H](N)c1ccc(Oc2ccccc2Br)c(F)c1. The lowest BCUT2D eigenvalue weighted by Gasteiger charge is -2.11. The zero-order valence-electron chi connectivity index (χ0n) is 9.86. The number of para-hydroxylation sites is 1. The van der Waals surface area contributed by atoms with Crippen molar-refractivity contribution in [2.75, 3.05) is 0 Å². The van der Waals surface area contributed by atoms with E-state index in [9.17, 15) is 4.39 Å². The van der Waals surface area contributed by atoms with E-state index in [0.29, 0.717) is 5.75 Å². The van der Waals surface area contributed by atoms with Gasteiger partial charge in [-0.1, -0.05) is 18.2 Å². The minimum Gasteiger partial charge on any atom is -0.453 e. The van der Waals surface area contributed by atoms with Gasteiger partial charge in [-0.2, -0.15) is 0 Å². The van der Waals surface area contributed by atoms with Crippen LogP contribution >= 0.6 is 15.9 Å². The van der Waals surface area contributed by atoms with Gasteiger partial charge in [0.15, 0.2) is 11.6 Å². The average Bonchev–Trinajstić information content (AvgIpc) is 2.34. The number of ether oxygens (including phenoxy) is 1. The van der Waals surface area contributed by atoms with Gasteiger partial charge >= 0.3 is 0 Å². The smallest absolute Gasteiger partial charge is 0.166 e. The second-order valence-electron chi connectivity index (χ2n) is 4.01. The summed E-state index contributed by atoms with van der Waals surface area (Å²) in [6, 6.07) is 11.9. The minimum atomic E-state index is -0.416. The van der Waals surface area contributed by atoms with Crippen molar-refractivity contribution in [3.05, 3.63) is 58.3 Å². The fraction of sp³-hybridized carbons (Fsp3) is 0.143. The van der Waals surface area contributed by atoms with Crippen LogP contribution in [0.2, 0.25) is 0 Å². The van der Waals surface area contributed by atoms with Crippen LogP contribution in [0.4, 0.5) is 4.39 Å². The minimum absolute atomic E-state index is 0.186. The Morgan fingerprint density at radius 3 is 2.50 bits per heavy atom. The first-order valence-electron chi connectivity index (χ1n) is 5.55. The van der Waals surface area contributed by atoms with Gasteiger partial charge < -0.3 is 10.5 Å². The van der Waals surface area contributed by atoms with E-state index in [0.717, 1.165) is 10.0 Å². The van der Waals surface area contributed by atoms with Crippen LogP contribution in [-0.2, 0) is 0 Å². The van der Waals surface area contributed by atoms with Crippen molar-refractivity contribution in [2.24, 2.45) is 5.73 Å². The van der Waals surface area contributed by atoms with Crippen molar-refractivity contribution in [3.8, 4) is 11.5 Å². The molecule has 0 aliphatic heterocycles. The molecule has 2 aromatic carbocycles. The Morgan fingerprint density at radius 1 is 1.17 bits per heavy atom. The number of hydrogen-bond donors (Lipinski definition) is 1. The van der Waals surface area contributed by atoms with E-state index >= 15 is 0 Å². The molecule has 0 bridgehead atoms. The highest BCUT2D eigenvalue weighted by Gasteiger charge is 2.09. The van der Waals surface area contributed by atoms with Crippen molar-refractivity contribution in [3.63, 3.8) is 0 Å². The van der Waals surface area contributed by atoms with E-state index in [-0.39, 0.29) is 11.8 Å². The third-order valence-corrected chi connectivity index (χ3v) is 3.19. The second-order valence-corrected chi connectivity index (χ2v) is 4.87. The van der Waals surface area contributed by atoms with E-state index in [4.69, 9.17) is 10.5 Å². The molecule has 0 amide bonds. The summed E-state index contributed by atoms with van der Waals surface area (Å²) in [6.45, 7) is 1.81. The molecule has 0 saturated carbocycles. The fourth-order valence-corrected chi connectivity index (χ4v) is 1.89. The van der Waals surface area contributed by atoms with Gasteiger partial charge in [0.1, 0.15) is 5.75 Å². The molecule has 0 heterocycles. The molecule has 2 nitrogen and oxygen atoms in total. The van der Waals surface area contributed by atoms with Crippen LogP contribution in [0.3, 0.4) is 0 Å². The molecule has 0 radical (unpaired) electrons. The van der Waals surface area contributed by atoms with Crippen LogP contribution in [0.15, 0.2) is 46.9 Å². The Kier molecular flexibility index (Phi) is 3.99. The maximum atomic E-state index is 13.8. The summed E-state index contributed by atoms with van der Waals surface area (Å²) in [4.78, 5) is 0. The maximum absolute atomic E-state index is 13.8. The van der Waals surface area contributed by atoms with Gasteiger partial charge in [-0.15, -0.1) is 0 Å². The number of nitrogens with two attached hydrogens (primary N) is 1. The summed E-state index contributed by atoms with van der Waals surface area (Å²) in [5.74, 6) is 0.344. The van der Waals surface area contributed by atoms with Crippen LogP contribution < -0.4 is 10.5 Å². The lowest BCUT2D eigenvalue weighted by molar-refractivity contribution is 0.439. The zero-order valence-corrected chi connectivity index (χ0v) is 11.4. The zero-order chi connectivity index (χ0) is 13.1. The first kappa shape index (κ1) is 13.1. The summed E-state index contributed by atoms with van der Waals surface area (Å²) in [5.41, 5.74) is 6.44. The fourth-order valence-electron chi connectivity index (χ4n) is 1.53. The summed E-state index contributed by atoms with van der Waals surface area (Å²) >= 11 is 3.35. The molecular formula is C14H13BrFNO. The standard InChI is InChI=1S/C14H13BrFNO/c1-9(17)10-6-7-14(12(16)8-10)18-13-5-3-2-4-11(13)15/h2-9H,17H2,1H3/t9-/m1/s1. The van der Waals surface area contributed by atoms with E-state index in [1.54, 1.807) is 18.2 Å². The predicted molar refractivity (Wildman–Crippen MR) is 73.2 cm³/mol. The van der Waals surface area contributed by atoms with Crippen LogP contribution in [0, 0.1) is 5.82 Å². The molecule has 0 fully saturated rings. The average molecular weight is 310 g/mol. The normalized spacial score (nSPS) is 12.2. The molecule has 0 spiro atoms. The van der Waals surface area contributed by atoms with E-state index in [2.05, 4.69) is 15.9 Å². The molecule has 94 valence electrons. The molecule has 0 aromatic heterocycles. The number of benzene rings is 2. The van der Waals surface area contributed by atoms with Crippen molar-refractivity contribution >= 4 is 15.9 Å². The summed E-state index contributed by atoms with van der Waals surface area (Å²) in [7, 11) is 0. The Balaban J connectivity index is 2.28. The van der Waals surface area contributed by atoms with E-state index in [1.807, 2.05) is 25.1 Å². The number of rotatable bonds is 3. The Labute approximate surface area is 114 Å². The van der Waals surface area contributed by atoms with Crippen molar-refractivity contribution < 1.29 is 9.13 Å². The largest absolute Gasteiger partial charge is 0.453 e. The molecule has 0 saturated heterocycles. The highest BCUT2D eigenvalue weighted by Crippen LogP contribution is 2.31. The van der Waals surface area contributed by atoms with Gasteiger partial charge in [-0.05, 0) is 52.7 Å². The molecule has 0 aliphatic rings. The second kappa shape index (κ2) is 5.50. The Bertz CT molecular complexity index is 557. The summed E-state index contributed by atoms with van der Waals surface area (Å²) in [5, 5.41) is 0. The first-order valence-corrected chi connectivity index (χ1v) is 6.34. The first-order chi connectivity index (χ1) is 8.58. The highest BCUT2D eigenvalue weighted by molar-refractivity contribution is 9.10. The topological polar surface area (TPSA) is 35.2 Å². The third kappa shape index (κ3) is 2.89. The van der Waals surface area contributed by atoms with Crippen molar-refractivity contribution in [1.29, 1.82) is 0 Å². The van der Waals surface area contributed by atoms with E-state index in [1.165, 1.54) is 6.07 Å². The number of halogens is 2. The molecular weight excluding hydrogens is 297 g/mol. The van der Waals surface area contributed by atoms with Crippen LogP contribution in [0.25, 0.3) is 0 Å². The Hall–Kier alpha value is -1.39. The molecule has 0 aliphatic carbocycles. The van der Waals surface area contributed by atoms with Crippen LogP contribution in [0.1, 0.15) is 18.5 Å². The van der Waals surface area contributed by atoms with Crippen molar-refractivity contribution in [1.82, 2.24) is 0 Å². The molecule has 2 N–H and O–H groups in total. The van der Waals surface area contributed by atoms with Gasteiger partial charge in [0.25, 0.3) is 0 Å². The molecule has 2 rings (SSSR count). The van der Waals surface area contributed by atoms with Crippen LogP contribution in [0.5, 0.6) is 11.5 Å². The van der Waals surface area contributed by atoms with Gasteiger partial charge in [-0.3, -0.25) is 0 Å². The predicted octanol–water partition coefficient (Wildman–Crippen LogP) is 4.40. The molecule has 4 heteroatoms. The molecule has 0 unspecified atom stereocenters. The maximum Gasteiger partial charge on any atom is 0.166 e. The monoisotopic (exact) mass is 309 g/mol. The van der Waals surface area contributed by atoms with Gasteiger partial charge in [-0.25, -0.2) is 4.39 Å². The highest BCUT2D eigenvalue weighted by atomic mass is 79.9. The van der Waals surface area contributed by atoms with Crippen molar-refractivity contribution in [2.45, 2.75) is 13.0 Å². The lowest BCUT2D eigenvalue weighted by Crippen LogP contribution is -2.05. The van der Waals surface area contributed by atoms with Gasteiger partial charge in [0, 0.05) is 6.04 Å². The molecule has 18 heavy (non-hydrogen) atoms. The van der Waals surface area contributed by atoms with Gasteiger partial charge in [0.2, 0.25) is 0 Å². The summed E-state index contributed by atoms with van der Waals surface area (Å²) in [6.07, 6.45) is 0.